The number of fused-ring (bicyclic) bond motifs is 8. The fourth-order valence-electron chi connectivity index (χ4n) is 6.68. The van der Waals surface area contributed by atoms with Crippen LogP contribution < -0.4 is 5.32 Å². The molecule has 2 aliphatic rings. The minimum atomic E-state index is -1.19. The fourth-order valence-corrected chi connectivity index (χ4v) is 6.68. The standard InChI is InChI=1S/C36H41N5O5/c1-9-21-17(4)24-14-26-19(6)23(12-13-30(42)46-8)33(40-26)32(35(43)37-11-3)34-31(36(44)45)20(7)27(41-34)16-29-22(10-2)18(5)25(39-29)15-28(21)38-24/h9,14-16,19,23,38-39H,1,10-13H2,2-8H3,(H,37,43)(H,44,45)/t19-,23-/m0/s1. The molecule has 5 heterocycles. The lowest BCUT2D eigenvalue weighted by molar-refractivity contribution is -0.140. The Morgan fingerprint density at radius 1 is 1.02 bits per heavy atom. The fraction of sp³-hybridized carbons (Fsp3) is 0.361. The maximum Gasteiger partial charge on any atom is 0.338 e. The number of hydrogen-bond acceptors (Lipinski definition) is 6. The Morgan fingerprint density at radius 3 is 2.35 bits per heavy atom. The minimum Gasteiger partial charge on any atom is -0.478 e. The number of nitrogens with one attached hydrogen (secondary N) is 3. The van der Waals surface area contributed by atoms with Crippen LogP contribution in [0.3, 0.4) is 0 Å². The number of ether oxygens (including phenoxy) is 1. The van der Waals surface area contributed by atoms with E-state index >= 15 is 0 Å². The van der Waals surface area contributed by atoms with Gasteiger partial charge >= 0.3 is 11.9 Å². The second-order valence-electron chi connectivity index (χ2n) is 11.9. The summed E-state index contributed by atoms with van der Waals surface area (Å²) < 4.78 is 4.94. The first kappa shape index (κ1) is 32.4. The summed E-state index contributed by atoms with van der Waals surface area (Å²) in [5, 5.41) is 13.3. The van der Waals surface area contributed by atoms with E-state index in [0.717, 1.165) is 50.7 Å². The Kier molecular flexibility index (Phi) is 9.01. The van der Waals surface area contributed by atoms with Gasteiger partial charge in [-0.25, -0.2) is 9.78 Å². The Hall–Kier alpha value is -4.99. The molecule has 0 fully saturated rings. The SMILES string of the molecule is C=Cc1c(C)c2cc3nc(c(C(=O)NCC)c4nc(cc5[nH]c(cc1[nH]2)c(C)c5CC)C(C)=C4C(=O)O)[C@@H](CCC(=O)OC)[C@@H]3C. The van der Waals surface area contributed by atoms with Crippen LogP contribution in [0.4, 0.5) is 0 Å². The molecule has 0 unspecified atom stereocenters. The van der Waals surface area contributed by atoms with E-state index in [9.17, 15) is 19.5 Å². The molecule has 0 saturated heterocycles. The Balaban J connectivity index is 2.03. The number of nitrogens with zero attached hydrogens (tertiary/aromatic N) is 2. The van der Waals surface area contributed by atoms with Gasteiger partial charge in [-0.2, -0.15) is 0 Å². The smallest absolute Gasteiger partial charge is 0.338 e. The molecule has 10 heteroatoms. The predicted molar refractivity (Wildman–Crippen MR) is 180 cm³/mol. The number of aromatic amines is 2. The van der Waals surface area contributed by atoms with Gasteiger partial charge < -0.3 is 25.1 Å². The zero-order valence-electron chi connectivity index (χ0n) is 27.5. The number of esters is 1. The molecule has 5 rings (SSSR count). The zero-order valence-corrected chi connectivity index (χ0v) is 27.5. The number of carbonyl (C=O) groups is 3. The van der Waals surface area contributed by atoms with Gasteiger partial charge in [0.2, 0.25) is 0 Å². The molecule has 2 aliphatic heterocycles. The van der Waals surface area contributed by atoms with Gasteiger partial charge in [-0.3, -0.25) is 14.6 Å². The molecule has 4 N–H and O–H groups in total. The molecular weight excluding hydrogens is 582 g/mol. The van der Waals surface area contributed by atoms with Crippen molar-refractivity contribution in [2.45, 2.75) is 72.6 Å². The van der Waals surface area contributed by atoms with E-state index in [1.54, 1.807) is 13.8 Å². The first-order valence-electron chi connectivity index (χ1n) is 15.6. The number of methoxy groups -OCH3 is 1. The lowest BCUT2D eigenvalue weighted by Crippen LogP contribution is -2.26. The second-order valence-corrected chi connectivity index (χ2v) is 11.9. The van der Waals surface area contributed by atoms with Crippen molar-refractivity contribution in [3.63, 3.8) is 0 Å². The van der Waals surface area contributed by atoms with Gasteiger partial charge in [0.1, 0.15) is 0 Å². The average Bonchev–Trinajstić information content (AvgIpc) is 3.69. The molecule has 0 radical (unpaired) electrons. The maximum atomic E-state index is 13.9. The summed E-state index contributed by atoms with van der Waals surface area (Å²) in [6.45, 7) is 16.1. The van der Waals surface area contributed by atoms with E-state index in [4.69, 9.17) is 14.7 Å². The number of amides is 1. The van der Waals surface area contributed by atoms with Crippen molar-refractivity contribution < 1.29 is 24.2 Å². The van der Waals surface area contributed by atoms with Gasteiger partial charge in [-0.05, 0) is 81.0 Å². The van der Waals surface area contributed by atoms with Crippen molar-refractivity contribution in [1.82, 2.24) is 25.3 Å². The van der Waals surface area contributed by atoms with Crippen molar-refractivity contribution in [2.75, 3.05) is 13.7 Å². The van der Waals surface area contributed by atoms with E-state index in [1.165, 1.54) is 7.11 Å². The molecule has 1 amide bonds. The molecule has 46 heavy (non-hydrogen) atoms. The number of aryl methyl sites for hydroxylation is 3. The van der Waals surface area contributed by atoms with Crippen LogP contribution >= 0.6 is 0 Å². The maximum absolute atomic E-state index is 13.9. The molecule has 2 atom stereocenters. The number of H-pyrrole nitrogens is 2. The lowest BCUT2D eigenvalue weighted by atomic mass is 9.85. The summed E-state index contributed by atoms with van der Waals surface area (Å²) in [7, 11) is 1.34. The third-order valence-electron chi connectivity index (χ3n) is 9.30. The molecule has 8 bridgehead atoms. The molecule has 10 nitrogen and oxygen atoms in total. The summed E-state index contributed by atoms with van der Waals surface area (Å²) in [6.07, 6.45) is 3.02. The molecule has 0 aromatic carbocycles. The summed E-state index contributed by atoms with van der Waals surface area (Å²) in [6, 6.07) is 5.89. The van der Waals surface area contributed by atoms with Gasteiger partial charge in [0.25, 0.3) is 5.91 Å². The van der Waals surface area contributed by atoms with Crippen LogP contribution in [0.2, 0.25) is 0 Å². The van der Waals surface area contributed by atoms with E-state index in [1.807, 2.05) is 32.1 Å². The Labute approximate surface area is 268 Å². The van der Waals surface area contributed by atoms with Gasteiger partial charge in [-0.15, -0.1) is 0 Å². The summed E-state index contributed by atoms with van der Waals surface area (Å²) in [5.41, 5.74) is 9.66. The monoisotopic (exact) mass is 623 g/mol. The first-order chi connectivity index (χ1) is 21.9. The number of carbonyl (C=O) groups excluding carboxylic acids is 2. The number of allylic oxidation sites excluding steroid dienone is 1. The highest BCUT2D eigenvalue weighted by atomic mass is 16.5. The van der Waals surface area contributed by atoms with Crippen molar-refractivity contribution in [3.8, 4) is 0 Å². The van der Waals surface area contributed by atoms with Crippen LogP contribution in [-0.2, 0) is 20.7 Å². The third-order valence-corrected chi connectivity index (χ3v) is 9.30. The molecule has 3 aromatic rings. The van der Waals surface area contributed by atoms with Crippen LogP contribution in [0.1, 0.15) is 108 Å². The van der Waals surface area contributed by atoms with Crippen LogP contribution in [0.15, 0.2) is 24.8 Å². The zero-order chi connectivity index (χ0) is 33.4. The third kappa shape index (κ3) is 5.52. The lowest BCUT2D eigenvalue weighted by Gasteiger charge is -2.18. The Morgan fingerprint density at radius 2 is 1.72 bits per heavy atom. The van der Waals surface area contributed by atoms with Gasteiger partial charge in [0.15, 0.2) is 0 Å². The van der Waals surface area contributed by atoms with Crippen molar-refractivity contribution >= 4 is 57.1 Å². The first-order valence-corrected chi connectivity index (χ1v) is 15.6. The van der Waals surface area contributed by atoms with E-state index < -0.39 is 11.9 Å². The number of hydrogen-bond donors (Lipinski definition) is 4. The van der Waals surface area contributed by atoms with Crippen LogP contribution in [0.5, 0.6) is 0 Å². The number of aromatic nitrogens is 4. The normalized spacial score (nSPS) is 16.0. The highest BCUT2D eigenvalue weighted by Gasteiger charge is 2.37. The van der Waals surface area contributed by atoms with Crippen LogP contribution in [0, 0.1) is 13.8 Å². The number of rotatable bonds is 8. The molecular formula is C36H41N5O5. The summed E-state index contributed by atoms with van der Waals surface area (Å²) in [4.78, 5) is 56.1. The molecule has 0 saturated carbocycles. The van der Waals surface area contributed by atoms with E-state index in [0.29, 0.717) is 35.6 Å². The van der Waals surface area contributed by atoms with E-state index in [-0.39, 0.29) is 41.1 Å². The number of aliphatic carboxylic acids is 1. The average molecular weight is 624 g/mol. The van der Waals surface area contributed by atoms with Crippen molar-refractivity contribution in [1.29, 1.82) is 0 Å². The summed E-state index contributed by atoms with van der Waals surface area (Å²) in [5.74, 6) is -2.64. The number of carboxylic acid groups (broad SMARTS) is 1. The quantitative estimate of drug-likeness (QED) is 0.203. The molecule has 0 aliphatic carbocycles. The summed E-state index contributed by atoms with van der Waals surface area (Å²) >= 11 is 0. The van der Waals surface area contributed by atoms with Gasteiger partial charge in [0, 0.05) is 58.1 Å². The predicted octanol–water partition coefficient (Wildman–Crippen LogP) is 6.74. The van der Waals surface area contributed by atoms with Gasteiger partial charge in [-0.1, -0.05) is 26.5 Å². The molecule has 0 spiro atoms. The second kappa shape index (κ2) is 12.8. The van der Waals surface area contributed by atoms with E-state index in [2.05, 4.69) is 41.8 Å². The largest absolute Gasteiger partial charge is 0.478 e. The number of carboxylic acids is 1. The van der Waals surface area contributed by atoms with Crippen LogP contribution in [-0.4, -0.2) is 56.5 Å². The Bertz CT molecular complexity index is 1980. The topological polar surface area (TPSA) is 150 Å². The molecule has 240 valence electrons. The van der Waals surface area contributed by atoms with Crippen molar-refractivity contribution in [3.05, 3.63) is 75.4 Å². The molecule has 3 aromatic heterocycles. The van der Waals surface area contributed by atoms with Crippen LogP contribution in [0.25, 0.3) is 39.3 Å². The highest BCUT2D eigenvalue weighted by molar-refractivity contribution is 6.26. The van der Waals surface area contributed by atoms with Gasteiger partial charge in [0.05, 0.1) is 35.3 Å². The van der Waals surface area contributed by atoms with Crippen molar-refractivity contribution in [2.24, 2.45) is 0 Å². The minimum absolute atomic E-state index is 0.0514. The highest BCUT2D eigenvalue weighted by Crippen LogP contribution is 2.43.